The number of tetrazole rings is 1. The molecule has 2 aromatic carbocycles. The second-order valence-electron chi connectivity index (χ2n) is 6.80. The first kappa shape index (κ1) is 20.4. The third-order valence-electron chi connectivity index (χ3n) is 5.12. The Labute approximate surface area is 182 Å². The van der Waals surface area contributed by atoms with E-state index in [1.807, 2.05) is 0 Å². The smallest absolute Gasteiger partial charge is 0.370 e. The molecular formula is C18H13BrCl2F3N5. The molecule has 1 aliphatic heterocycles. The summed E-state index contributed by atoms with van der Waals surface area (Å²) in [6.45, 7) is 0.00412. The highest BCUT2D eigenvalue weighted by atomic mass is 79.9. The van der Waals surface area contributed by atoms with Gasteiger partial charge in [-0.15, -0.1) is 5.10 Å². The molecule has 1 aliphatic rings. The fraction of sp³-hybridized carbons (Fsp3) is 0.278. The first-order valence-electron chi connectivity index (χ1n) is 8.51. The molecule has 11 heteroatoms. The Balaban J connectivity index is 1.69. The van der Waals surface area contributed by atoms with Crippen molar-refractivity contribution in [3.63, 3.8) is 0 Å². The van der Waals surface area contributed by atoms with E-state index in [0.29, 0.717) is 15.8 Å². The zero-order valence-corrected chi connectivity index (χ0v) is 17.8. The van der Waals surface area contributed by atoms with Gasteiger partial charge in [0.1, 0.15) is 11.7 Å². The lowest BCUT2D eigenvalue weighted by Crippen LogP contribution is -2.44. The Hall–Kier alpha value is -1.84. The molecule has 1 unspecified atom stereocenters. The minimum absolute atomic E-state index is 0.0781. The summed E-state index contributed by atoms with van der Waals surface area (Å²) in [6.07, 6.45) is -3.12. The van der Waals surface area contributed by atoms with E-state index >= 15 is 0 Å². The molecule has 5 nitrogen and oxygen atoms in total. The van der Waals surface area contributed by atoms with Gasteiger partial charge in [0.2, 0.25) is 0 Å². The van der Waals surface area contributed by atoms with Crippen LogP contribution in [-0.2, 0) is 5.41 Å². The van der Waals surface area contributed by atoms with E-state index in [9.17, 15) is 13.2 Å². The van der Waals surface area contributed by atoms with Gasteiger partial charge in [-0.2, -0.15) is 17.9 Å². The minimum atomic E-state index is -4.46. The summed E-state index contributed by atoms with van der Waals surface area (Å²) in [5, 5.41) is 11.4. The Morgan fingerprint density at radius 1 is 1.07 bits per heavy atom. The third kappa shape index (κ3) is 3.71. The lowest BCUT2D eigenvalue weighted by atomic mass is 9.79. The maximum atomic E-state index is 14.2. The number of hydrogen-bond donors (Lipinski definition) is 0. The van der Waals surface area contributed by atoms with Crippen LogP contribution in [0.3, 0.4) is 0 Å². The quantitative estimate of drug-likeness (QED) is 0.474. The Bertz CT molecular complexity index is 1020. The number of halogens is 6. The molecule has 0 aliphatic carbocycles. The van der Waals surface area contributed by atoms with Gasteiger partial charge in [0, 0.05) is 33.3 Å². The van der Waals surface area contributed by atoms with Crippen molar-refractivity contribution in [1.29, 1.82) is 0 Å². The first-order chi connectivity index (χ1) is 13.7. The van der Waals surface area contributed by atoms with Crippen molar-refractivity contribution >= 4 is 44.8 Å². The standard InChI is InChI=1S/C18H13BrCl2F3N5/c19-15-8-14(1-2-16(15)29-10-25-26-27-29)28-4-3-17(9-28,18(22,23)24)11-5-12(20)7-13(21)6-11/h1-2,5-8,10H,3-4,9H2. The molecule has 4 rings (SSSR count). The number of anilines is 1. The Kier molecular flexibility index (Phi) is 5.25. The van der Waals surface area contributed by atoms with Crippen LogP contribution in [0.15, 0.2) is 47.2 Å². The summed E-state index contributed by atoms with van der Waals surface area (Å²) >= 11 is 15.4. The van der Waals surface area contributed by atoms with Gasteiger partial charge in [-0.05, 0) is 74.7 Å². The number of hydrogen-bond acceptors (Lipinski definition) is 4. The lowest BCUT2D eigenvalue weighted by Gasteiger charge is -2.33. The molecule has 0 radical (unpaired) electrons. The average molecular weight is 507 g/mol. The number of rotatable bonds is 3. The van der Waals surface area contributed by atoms with Crippen LogP contribution < -0.4 is 4.90 Å². The second-order valence-corrected chi connectivity index (χ2v) is 8.53. The largest absolute Gasteiger partial charge is 0.400 e. The first-order valence-corrected chi connectivity index (χ1v) is 10.1. The van der Waals surface area contributed by atoms with Crippen LogP contribution in [0.5, 0.6) is 0 Å². The third-order valence-corrected chi connectivity index (χ3v) is 6.19. The summed E-state index contributed by atoms with van der Waals surface area (Å²) < 4.78 is 44.8. The van der Waals surface area contributed by atoms with E-state index in [1.54, 1.807) is 23.1 Å². The molecule has 2 heterocycles. The van der Waals surface area contributed by atoms with E-state index in [-0.39, 0.29) is 35.1 Å². The predicted octanol–water partition coefficient (Wildman–Crippen LogP) is 5.44. The fourth-order valence-corrected chi connectivity index (χ4v) is 4.72. The van der Waals surface area contributed by atoms with Crippen LogP contribution in [0.2, 0.25) is 10.0 Å². The number of aromatic nitrogens is 4. The van der Waals surface area contributed by atoms with Crippen molar-refractivity contribution in [2.24, 2.45) is 0 Å². The van der Waals surface area contributed by atoms with E-state index in [1.165, 1.54) is 29.2 Å². The van der Waals surface area contributed by atoms with Gasteiger partial charge in [-0.3, -0.25) is 0 Å². The molecule has 0 bridgehead atoms. The SMILES string of the molecule is FC(F)(F)C1(c2cc(Cl)cc(Cl)c2)CCN(c2ccc(-n3cnnn3)c(Br)c2)C1. The molecule has 1 saturated heterocycles. The fourth-order valence-electron chi connectivity index (χ4n) is 3.64. The zero-order valence-electron chi connectivity index (χ0n) is 14.7. The minimum Gasteiger partial charge on any atom is -0.370 e. The molecule has 1 fully saturated rings. The average Bonchev–Trinajstić information content (AvgIpc) is 3.31. The van der Waals surface area contributed by atoms with Crippen LogP contribution in [0, 0.1) is 0 Å². The number of benzene rings is 2. The molecule has 152 valence electrons. The molecule has 0 saturated carbocycles. The highest BCUT2D eigenvalue weighted by Gasteiger charge is 2.59. The predicted molar refractivity (Wildman–Crippen MR) is 108 cm³/mol. The van der Waals surface area contributed by atoms with Crippen molar-refractivity contribution < 1.29 is 13.2 Å². The van der Waals surface area contributed by atoms with Crippen molar-refractivity contribution in [2.45, 2.75) is 18.0 Å². The van der Waals surface area contributed by atoms with Crippen molar-refractivity contribution in [1.82, 2.24) is 20.2 Å². The Morgan fingerprint density at radius 3 is 2.38 bits per heavy atom. The highest BCUT2D eigenvalue weighted by Crippen LogP contribution is 2.49. The molecule has 1 aromatic heterocycles. The summed E-state index contributed by atoms with van der Waals surface area (Å²) in [7, 11) is 0. The highest BCUT2D eigenvalue weighted by molar-refractivity contribution is 9.10. The van der Waals surface area contributed by atoms with Gasteiger partial charge in [-0.25, -0.2) is 0 Å². The number of alkyl halides is 3. The van der Waals surface area contributed by atoms with E-state index < -0.39 is 11.6 Å². The molecule has 29 heavy (non-hydrogen) atoms. The second kappa shape index (κ2) is 7.45. The topological polar surface area (TPSA) is 46.8 Å². The molecule has 3 aromatic rings. The zero-order chi connectivity index (χ0) is 20.8. The van der Waals surface area contributed by atoms with Gasteiger partial charge in [0.05, 0.1) is 5.69 Å². The van der Waals surface area contributed by atoms with Crippen LogP contribution in [0.4, 0.5) is 18.9 Å². The summed E-state index contributed by atoms with van der Waals surface area (Å²) in [5.74, 6) is 0. The van der Waals surface area contributed by atoms with Crippen LogP contribution in [-0.4, -0.2) is 39.5 Å². The van der Waals surface area contributed by atoms with Crippen LogP contribution >= 0.6 is 39.1 Å². The molecule has 1 atom stereocenters. The van der Waals surface area contributed by atoms with Gasteiger partial charge < -0.3 is 4.90 Å². The maximum Gasteiger partial charge on any atom is 0.400 e. The normalized spacial score (nSPS) is 19.7. The number of nitrogens with zero attached hydrogens (tertiary/aromatic N) is 5. The molecule has 0 N–H and O–H groups in total. The summed E-state index contributed by atoms with van der Waals surface area (Å²) in [6, 6.07) is 9.38. The summed E-state index contributed by atoms with van der Waals surface area (Å²) in [4.78, 5) is 1.70. The molecule has 0 spiro atoms. The molecular weight excluding hydrogens is 494 g/mol. The maximum absolute atomic E-state index is 14.2. The summed E-state index contributed by atoms with van der Waals surface area (Å²) in [5.41, 5.74) is -0.633. The van der Waals surface area contributed by atoms with E-state index in [0.717, 1.165) is 0 Å². The van der Waals surface area contributed by atoms with Crippen LogP contribution in [0.25, 0.3) is 5.69 Å². The van der Waals surface area contributed by atoms with E-state index in [2.05, 4.69) is 31.5 Å². The van der Waals surface area contributed by atoms with Crippen molar-refractivity contribution in [3.05, 3.63) is 62.8 Å². The lowest BCUT2D eigenvalue weighted by molar-refractivity contribution is -0.184. The monoisotopic (exact) mass is 505 g/mol. The van der Waals surface area contributed by atoms with Crippen LogP contribution in [0.1, 0.15) is 12.0 Å². The Morgan fingerprint density at radius 2 is 1.79 bits per heavy atom. The van der Waals surface area contributed by atoms with Gasteiger partial charge in [-0.1, -0.05) is 23.2 Å². The van der Waals surface area contributed by atoms with Gasteiger partial charge in [0.25, 0.3) is 0 Å². The van der Waals surface area contributed by atoms with Crippen molar-refractivity contribution in [2.75, 3.05) is 18.0 Å². The van der Waals surface area contributed by atoms with E-state index in [4.69, 9.17) is 23.2 Å². The van der Waals surface area contributed by atoms with Gasteiger partial charge in [0.15, 0.2) is 0 Å². The van der Waals surface area contributed by atoms with Gasteiger partial charge >= 0.3 is 6.18 Å². The molecule has 0 amide bonds. The van der Waals surface area contributed by atoms with Crippen molar-refractivity contribution in [3.8, 4) is 5.69 Å².